The molecule has 66 valence electrons. The molecule has 1 rings (SSSR count). The van der Waals surface area contributed by atoms with E-state index in [1.165, 1.54) is 0 Å². The fourth-order valence-electron chi connectivity index (χ4n) is 0.794. The van der Waals surface area contributed by atoms with Crippen LogP contribution in [0.4, 0.5) is 0 Å². The standard InChI is InChI=1S/C8H7BrN4/c9-8-6-7(3-5-11-8)2-1-4-12-13-10/h1-3,5-6H,4H2. The summed E-state index contributed by atoms with van der Waals surface area (Å²) in [5, 5.41) is 3.38. The molecule has 1 heterocycles. The smallest absolute Gasteiger partial charge is 0.106 e. The van der Waals surface area contributed by atoms with Crippen LogP contribution in [-0.2, 0) is 0 Å². The first kappa shape index (κ1) is 9.77. The van der Waals surface area contributed by atoms with Gasteiger partial charge in [0.05, 0.1) is 0 Å². The average molecular weight is 239 g/mol. The maximum Gasteiger partial charge on any atom is 0.106 e. The molecule has 0 radical (unpaired) electrons. The number of halogens is 1. The fourth-order valence-corrected chi connectivity index (χ4v) is 1.18. The van der Waals surface area contributed by atoms with E-state index >= 15 is 0 Å². The number of aromatic nitrogens is 1. The van der Waals surface area contributed by atoms with E-state index in [-0.39, 0.29) is 0 Å². The molecule has 0 spiro atoms. The topological polar surface area (TPSA) is 61.7 Å². The maximum atomic E-state index is 8.01. The minimum Gasteiger partial charge on any atom is -0.249 e. The third-order valence-corrected chi connectivity index (χ3v) is 1.74. The summed E-state index contributed by atoms with van der Waals surface area (Å²) in [6.07, 6.45) is 5.37. The molecule has 0 fully saturated rings. The second-order valence-electron chi connectivity index (χ2n) is 2.23. The van der Waals surface area contributed by atoms with Gasteiger partial charge in [-0.1, -0.05) is 17.3 Å². The summed E-state index contributed by atoms with van der Waals surface area (Å²) in [5.41, 5.74) is 9.04. The van der Waals surface area contributed by atoms with Crippen LogP contribution >= 0.6 is 15.9 Å². The van der Waals surface area contributed by atoms with Crippen LogP contribution < -0.4 is 0 Å². The molecule has 0 aliphatic heterocycles. The van der Waals surface area contributed by atoms with Crippen molar-refractivity contribution >= 4 is 22.0 Å². The normalized spacial score (nSPS) is 9.92. The van der Waals surface area contributed by atoms with E-state index in [0.717, 1.165) is 10.2 Å². The molecule has 1 aromatic heterocycles. The third-order valence-electron chi connectivity index (χ3n) is 1.31. The zero-order valence-corrected chi connectivity index (χ0v) is 8.35. The number of hydrogen-bond donors (Lipinski definition) is 0. The lowest BCUT2D eigenvalue weighted by atomic mass is 10.2. The minimum absolute atomic E-state index is 0.371. The molecule has 0 aliphatic rings. The highest BCUT2D eigenvalue weighted by atomic mass is 79.9. The van der Waals surface area contributed by atoms with E-state index in [4.69, 9.17) is 5.53 Å². The Balaban J connectivity index is 2.63. The van der Waals surface area contributed by atoms with Crippen LogP contribution in [0.5, 0.6) is 0 Å². The average Bonchev–Trinajstić information content (AvgIpc) is 2.13. The zero-order valence-electron chi connectivity index (χ0n) is 6.76. The predicted octanol–water partition coefficient (Wildman–Crippen LogP) is 3.17. The van der Waals surface area contributed by atoms with Crippen LogP contribution in [-0.4, -0.2) is 11.5 Å². The van der Waals surface area contributed by atoms with Gasteiger partial charge in [0, 0.05) is 17.7 Å². The highest BCUT2D eigenvalue weighted by Crippen LogP contribution is 2.09. The molecule has 0 atom stereocenters. The Kier molecular flexibility index (Phi) is 4.02. The number of nitrogens with zero attached hydrogens (tertiary/aromatic N) is 4. The first-order valence-electron chi connectivity index (χ1n) is 3.62. The Bertz CT molecular complexity index is 355. The molecular formula is C8H7BrN4. The molecule has 4 nitrogen and oxygen atoms in total. The minimum atomic E-state index is 0.371. The summed E-state index contributed by atoms with van der Waals surface area (Å²) in [6, 6.07) is 3.75. The van der Waals surface area contributed by atoms with E-state index in [1.54, 1.807) is 12.3 Å². The summed E-state index contributed by atoms with van der Waals surface area (Å²) >= 11 is 3.26. The second kappa shape index (κ2) is 5.35. The monoisotopic (exact) mass is 238 g/mol. The Labute approximate surface area is 84.1 Å². The van der Waals surface area contributed by atoms with Gasteiger partial charge in [-0.2, -0.15) is 0 Å². The lowest BCUT2D eigenvalue weighted by molar-refractivity contribution is 1.22. The van der Waals surface area contributed by atoms with E-state index in [1.807, 2.05) is 18.2 Å². The van der Waals surface area contributed by atoms with Gasteiger partial charge in [-0.05, 0) is 39.2 Å². The van der Waals surface area contributed by atoms with Gasteiger partial charge >= 0.3 is 0 Å². The fraction of sp³-hybridized carbons (Fsp3) is 0.125. The predicted molar refractivity (Wildman–Crippen MR) is 55.0 cm³/mol. The molecule has 0 aromatic carbocycles. The molecule has 0 aliphatic carbocycles. The van der Waals surface area contributed by atoms with Crippen LogP contribution in [0, 0.1) is 0 Å². The van der Waals surface area contributed by atoms with Gasteiger partial charge in [0.2, 0.25) is 0 Å². The molecule has 0 saturated heterocycles. The Hall–Kier alpha value is -1.32. The highest BCUT2D eigenvalue weighted by Gasteiger charge is 1.88. The summed E-state index contributed by atoms with van der Waals surface area (Å²) in [7, 11) is 0. The van der Waals surface area contributed by atoms with Crippen LogP contribution in [0.15, 0.2) is 34.1 Å². The van der Waals surface area contributed by atoms with Crippen molar-refractivity contribution in [2.24, 2.45) is 5.11 Å². The largest absolute Gasteiger partial charge is 0.249 e. The van der Waals surface area contributed by atoms with Crippen LogP contribution in [0.3, 0.4) is 0 Å². The van der Waals surface area contributed by atoms with Gasteiger partial charge in [-0.3, -0.25) is 0 Å². The molecule has 0 unspecified atom stereocenters. The van der Waals surface area contributed by atoms with Crippen molar-refractivity contribution in [2.45, 2.75) is 0 Å². The van der Waals surface area contributed by atoms with Gasteiger partial charge in [-0.15, -0.1) is 0 Å². The SMILES string of the molecule is [N-]=[N+]=NCC=Cc1ccnc(Br)c1. The third kappa shape index (κ3) is 3.73. The van der Waals surface area contributed by atoms with E-state index < -0.39 is 0 Å². The zero-order chi connectivity index (χ0) is 9.52. The van der Waals surface area contributed by atoms with Gasteiger partial charge in [0.25, 0.3) is 0 Å². The lowest BCUT2D eigenvalue weighted by Gasteiger charge is -1.92. The second-order valence-corrected chi connectivity index (χ2v) is 3.04. The highest BCUT2D eigenvalue weighted by molar-refractivity contribution is 9.10. The summed E-state index contributed by atoms with van der Waals surface area (Å²) in [5.74, 6) is 0. The Morgan fingerprint density at radius 3 is 3.23 bits per heavy atom. The Morgan fingerprint density at radius 2 is 2.54 bits per heavy atom. The first-order valence-corrected chi connectivity index (χ1v) is 4.41. The number of rotatable bonds is 3. The van der Waals surface area contributed by atoms with E-state index in [0.29, 0.717) is 6.54 Å². The number of hydrogen-bond acceptors (Lipinski definition) is 2. The van der Waals surface area contributed by atoms with Crippen molar-refractivity contribution < 1.29 is 0 Å². The molecule has 0 saturated carbocycles. The van der Waals surface area contributed by atoms with Gasteiger partial charge in [0.1, 0.15) is 4.60 Å². The van der Waals surface area contributed by atoms with Crippen molar-refractivity contribution in [2.75, 3.05) is 6.54 Å². The summed E-state index contributed by atoms with van der Waals surface area (Å²) in [4.78, 5) is 6.62. The van der Waals surface area contributed by atoms with Crippen molar-refractivity contribution in [3.63, 3.8) is 0 Å². The quantitative estimate of drug-likeness (QED) is 0.346. The lowest BCUT2D eigenvalue weighted by Crippen LogP contribution is -1.76. The van der Waals surface area contributed by atoms with E-state index in [9.17, 15) is 0 Å². The van der Waals surface area contributed by atoms with Crippen molar-refractivity contribution in [1.82, 2.24) is 4.98 Å². The first-order chi connectivity index (χ1) is 6.33. The molecule has 0 amide bonds. The summed E-state index contributed by atoms with van der Waals surface area (Å²) < 4.78 is 0.790. The number of pyridine rings is 1. The molecular weight excluding hydrogens is 232 g/mol. The van der Waals surface area contributed by atoms with Crippen LogP contribution in [0.2, 0.25) is 0 Å². The molecule has 5 heteroatoms. The maximum absolute atomic E-state index is 8.01. The van der Waals surface area contributed by atoms with Crippen LogP contribution in [0.25, 0.3) is 16.5 Å². The Morgan fingerprint density at radius 1 is 1.69 bits per heavy atom. The molecule has 0 N–H and O–H groups in total. The van der Waals surface area contributed by atoms with Crippen molar-refractivity contribution in [1.29, 1.82) is 0 Å². The molecule has 0 bridgehead atoms. The van der Waals surface area contributed by atoms with Gasteiger partial charge in [-0.25, -0.2) is 4.98 Å². The van der Waals surface area contributed by atoms with Gasteiger partial charge in [0.15, 0.2) is 0 Å². The summed E-state index contributed by atoms with van der Waals surface area (Å²) in [6.45, 7) is 0.371. The van der Waals surface area contributed by atoms with E-state index in [2.05, 4.69) is 30.9 Å². The van der Waals surface area contributed by atoms with Crippen molar-refractivity contribution in [3.8, 4) is 0 Å². The van der Waals surface area contributed by atoms with Gasteiger partial charge < -0.3 is 0 Å². The molecule has 13 heavy (non-hydrogen) atoms. The van der Waals surface area contributed by atoms with Crippen LogP contribution in [0.1, 0.15) is 5.56 Å². The molecule has 1 aromatic rings. The van der Waals surface area contributed by atoms with Crippen molar-refractivity contribution in [3.05, 3.63) is 45.0 Å². The number of azide groups is 1.